The quantitative estimate of drug-likeness (QED) is 0.654. The number of amides is 1. The minimum Gasteiger partial charge on any atom is -0.465 e. The average Bonchev–Trinajstić information content (AvgIpc) is 3.39. The molecule has 0 saturated carbocycles. The number of benzene rings is 1. The molecule has 0 spiro atoms. The van der Waals surface area contributed by atoms with Crippen molar-refractivity contribution in [2.24, 2.45) is 0 Å². The second-order valence-corrected chi connectivity index (χ2v) is 6.72. The van der Waals surface area contributed by atoms with Crippen LogP contribution in [0, 0.1) is 6.92 Å². The number of hydrogen-bond acceptors (Lipinski definition) is 5. The van der Waals surface area contributed by atoms with E-state index in [4.69, 9.17) is 8.94 Å². The molecule has 0 radical (unpaired) electrons. The van der Waals surface area contributed by atoms with E-state index in [0.29, 0.717) is 30.6 Å². The second kappa shape index (κ2) is 7.61. The van der Waals surface area contributed by atoms with Gasteiger partial charge in [-0.1, -0.05) is 29.4 Å². The van der Waals surface area contributed by atoms with Crippen molar-refractivity contribution in [3.63, 3.8) is 0 Å². The first-order valence-electron chi connectivity index (χ1n) is 9.11. The fourth-order valence-corrected chi connectivity index (χ4v) is 3.33. The molecule has 0 aliphatic carbocycles. The van der Waals surface area contributed by atoms with Crippen LogP contribution < -0.4 is 0 Å². The Bertz CT molecular complexity index is 935. The van der Waals surface area contributed by atoms with Crippen LogP contribution in [0.1, 0.15) is 36.0 Å². The zero-order valence-corrected chi connectivity index (χ0v) is 15.2. The van der Waals surface area contributed by atoms with Gasteiger partial charge >= 0.3 is 0 Å². The molecule has 3 heterocycles. The number of furan rings is 1. The van der Waals surface area contributed by atoms with Crippen LogP contribution >= 0.6 is 0 Å². The predicted octanol–water partition coefficient (Wildman–Crippen LogP) is 4.06. The van der Waals surface area contributed by atoms with E-state index < -0.39 is 0 Å². The SMILES string of the molecule is Cc1ccccc1-c1noc(C2CCN(C(=O)/C=C/c3ccco3)CC2)n1. The van der Waals surface area contributed by atoms with E-state index >= 15 is 0 Å². The van der Waals surface area contributed by atoms with Gasteiger partial charge in [0.25, 0.3) is 0 Å². The Morgan fingerprint density at radius 1 is 1.19 bits per heavy atom. The Kier molecular flexibility index (Phi) is 4.87. The van der Waals surface area contributed by atoms with Crippen LogP contribution in [0.25, 0.3) is 17.5 Å². The zero-order chi connectivity index (χ0) is 18.6. The second-order valence-electron chi connectivity index (χ2n) is 6.72. The molecule has 0 unspecified atom stereocenters. The van der Waals surface area contributed by atoms with Gasteiger partial charge in [-0.25, -0.2) is 0 Å². The molecule has 0 bridgehead atoms. The van der Waals surface area contributed by atoms with E-state index in [1.807, 2.05) is 42.2 Å². The van der Waals surface area contributed by atoms with Crippen LogP contribution in [0.4, 0.5) is 0 Å². The van der Waals surface area contributed by atoms with Crippen LogP contribution in [0.5, 0.6) is 0 Å². The summed E-state index contributed by atoms with van der Waals surface area (Å²) in [5, 5.41) is 4.15. The van der Waals surface area contributed by atoms with Crippen molar-refractivity contribution in [1.82, 2.24) is 15.0 Å². The first-order chi connectivity index (χ1) is 13.2. The molecule has 6 nitrogen and oxygen atoms in total. The summed E-state index contributed by atoms with van der Waals surface area (Å²) in [5.74, 6) is 2.15. The van der Waals surface area contributed by atoms with Gasteiger partial charge in [0.05, 0.1) is 6.26 Å². The highest BCUT2D eigenvalue weighted by atomic mass is 16.5. The lowest BCUT2D eigenvalue weighted by molar-refractivity contribution is -0.127. The van der Waals surface area contributed by atoms with E-state index in [0.717, 1.165) is 24.0 Å². The number of nitrogens with zero attached hydrogens (tertiary/aromatic N) is 3. The van der Waals surface area contributed by atoms with Gasteiger partial charge in [0.1, 0.15) is 5.76 Å². The first-order valence-corrected chi connectivity index (χ1v) is 9.11. The van der Waals surface area contributed by atoms with E-state index in [-0.39, 0.29) is 11.8 Å². The van der Waals surface area contributed by atoms with Gasteiger partial charge in [-0.2, -0.15) is 4.98 Å². The Balaban J connectivity index is 1.37. The fraction of sp³-hybridized carbons (Fsp3) is 0.286. The molecule has 6 heteroatoms. The third-order valence-corrected chi connectivity index (χ3v) is 4.92. The summed E-state index contributed by atoms with van der Waals surface area (Å²) in [5.41, 5.74) is 2.11. The van der Waals surface area contributed by atoms with Crippen molar-refractivity contribution in [2.75, 3.05) is 13.1 Å². The maximum Gasteiger partial charge on any atom is 0.246 e. The van der Waals surface area contributed by atoms with Gasteiger partial charge in [0.2, 0.25) is 17.6 Å². The number of piperidine rings is 1. The summed E-state index contributed by atoms with van der Waals surface area (Å²) < 4.78 is 10.7. The maximum absolute atomic E-state index is 12.3. The summed E-state index contributed by atoms with van der Waals surface area (Å²) in [4.78, 5) is 18.7. The molecule has 0 N–H and O–H groups in total. The molecule has 1 aliphatic rings. The topological polar surface area (TPSA) is 72.4 Å². The highest BCUT2D eigenvalue weighted by Crippen LogP contribution is 2.29. The average molecular weight is 363 g/mol. The van der Waals surface area contributed by atoms with E-state index in [1.165, 1.54) is 0 Å². The number of carbonyl (C=O) groups is 1. The van der Waals surface area contributed by atoms with Crippen molar-refractivity contribution in [3.8, 4) is 11.4 Å². The smallest absolute Gasteiger partial charge is 0.246 e. The normalized spacial score (nSPS) is 15.5. The monoisotopic (exact) mass is 363 g/mol. The number of aromatic nitrogens is 2. The van der Waals surface area contributed by atoms with Gasteiger partial charge in [-0.05, 0) is 43.5 Å². The molecule has 0 atom stereocenters. The third-order valence-electron chi connectivity index (χ3n) is 4.92. The molecule has 138 valence electrons. The number of likely N-dealkylation sites (tertiary alicyclic amines) is 1. The summed E-state index contributed by atoms with van der Waals surface area (Å²) in [6.07, 6.45) is 6.47. The van der Waals surface area contributed by atoms with E-state index in [9.17, 15) is 4.79 Å². The van der Waals surface area contributed by atoms with Gasteiger partial charge in [0.15, 0.2) is 0 Å². The summed E-state index contributed by atoms with van der Waals surface area (Å²) >= 11 is 0. The number of rotatable bonds is 4. The molecular weight excluding hydrogens is 342 g/mol. The highest BCUT2D eigenvalue weighted by Gasteiger charge is 2.27. The largest absolute Gasteiger partial charge is 0.465 e. The molecular formula is C21H21N3O3. The third kappa shape index (κ3) is 3.84. The minimum atomic E-state index is -0.00372. The molecule has 4 rings (SSSR count). The number of aryl methyl sites for hydroxylation is 1. The Morgan fingerprint density at radius 2 is 2.00 bits per heavy atom. The molecule has 1 saturated heterocycles. The highest BCUT2D eigenvalue weighted by molar-refractivity contribution is 5.91. The van der Waals surface area contributed by atoms with Gasteiger partial charge in [0, 0.05) is 30.6 Å². The minimum absolute atomic E-state index is 0.00372. The fourth-order valence-electron chi connectivity index (χ4n) is 3.33. The molecule has 1 aliphatic heterocycles. The van der Waals surface area contributed by atoms with Gasteiger partial charge < -0.3 is 13.8 Å². The van der Waals surface area contributed by atoms with Crippen LogP contribution in [-0.4, -0.2) is 34.0 Å². The first kappa shape index (κ1) is 17.3. The van der Waals surface area contributed by atoms with E-state index in [2.05, 4.69) is 10.1 Å². The lowest BCUT2D eigenvalue weighted by Crippen LogP contribution is -2.36. The molecule has 3 aromatic rings. The zero-order valence-electron chi connectivity index (χ0n) is 15.2. The summed E-state index contributed by atoms with van der Waals surface area (Å²) in [6.45, 7) is 3.38. The van der Waals surface area contributed by atoms with Gasteiger partial charge in [-0.15, -0.1) is 0 Å². The molecule has 1 fully saturated rings. The predicted molar refractivity (Wildman–Crippen MR) is 101 cm³/mol. The Morgan fingerprint density at radius 3 is 2.74 bits per heavy atom. The Hall–Kier alpha value is -3.15. The molecule has 27 heavy (non-hydrogen) atoms. The number of hydrogen-bond donors (Lipinski definition) is 0. The van der Waals surface area contributed by atoms with Crippen LogP contribution in [0.15, 0.2) is 57.7 Å². The lowest BCUT2D eigenvalue weighted by Gasteiger charge is -2.29. The van der Waals surface area contributed by atoms with Crippen molar-refractivity contribution in [2.45, 2.75) is 25.7 Å². The number of carbonyl (C=O) groups excluding carboxylic acids is 1. The molecule has 2 aromatic heterocycles. The maximum atomic E-state index is 12.3. The molecule has 1 amide bonds. The Labute approximate surface area is 157 Å². The van der Waals surface area contributed by atoms with Crippen molar-refractivity contribution >= 4 is 12.0 Å². The standard InChI is InChI=1S/C21H21N3O3/c1-15-5-2-3-7-18(15)20-22-21(27-23-20)16-10-12-24(13-11-16)19(25)9-8-17-6-4-14-26-17/h2-9,14,16H,10-13H2,1H3/b9-8+. The van der Waals surface area contributed by atoms with E-state index in [1.54, 1.807) is 24.5 Å². The molecule has 1 aromatic carbocycles. The van der Waals surface area contributed by atoms with Crippen LogP contribution in [-0.2, 0) is 4.79 Å². The van der Waals surface area contributed by atoms with Crippen molar-refractivity contribution in [3.05, 3.63) is 66.0 Å². The summed E-state index contributed by atoms with van der Waals surface area (Å²) in [7, 11) is 0. The van der Waals surface area contributed by atoms with Crippen molar-refractivity contribution < 1.29 is 13.7 Å². The van der Waals surface area contributed by atoms with Crippen molar-refractivity contribution in [1.29, 1.82) is 0 Å². The summed E-state index contributed by atoms with van der Waals surface area (Å²) in [6, 6.07) is 11.6. The van der Waals surface area contributed by atoms with Crippen LogP contribution in [0.3, 0.4) is 0 Å². The lowest BCUT2D eigenvalue weighted by atomic mass is 9.96. The van der Waals surface area contributed by atoms with Gasteiger partial charge in [-0.3, -0.25) is 4.79 Å². The van der Waals surface area contributed by atoms with Crippen LogP contribution in [0.2, 0.25) is 0 Å².